The van der Waals surface area contributed by atoms with Gasteiger partial charge < -0.3 is 9.30 Å². The number of carbonyl (C=O) groups is 1. The zero-order chi connectivity index (χ0) is 19.1. The Bertz CT molecular complexity index is 957. The van der Waals surface area contributed by atoms with Crippen LogP contribution in [0.4, 0.5) is 0 Å². The molecule has 118 valence electrons. The molecule has 0 aliphatic carbocycles. The van der Waals surface area contributed by atoms with Crippen molar-refractivity contribution in [2.75, 3.05) is 14.1 Å². The molecule has 0 radical (unpaired) electrons. The lowest BCUT2D eigenvalue weighted by atomic mass is 10.1. The van der Waals surface area contributed by atoms with Crippen LogP contribution in [-0.4, -0.2) is 34.3 Å². The van der Waals surface area contributed by atoms with Gasteiger partial charge >= 0.3 is 0 Å². The zero-order valence-electron chi connectivity index (χ0n) is 16.5. The number of fused-ring (bicyclic) bond motifs is 1. The molecule has 0 aliphatic heterocycles. The molecule has 2 heterocycles. The van der Waals surface area contributed by atoms with E-state index in [4.69, 9.17) is 4.11 Å². The molecule has 0 N–H and O–H groups in total. The number of amides is 1. The van der Waals surface area contributed by atoms with Crippen molar-refractivity contribution in [1.82, 2.24) is 14.3 Å². The van der Waals surface area contributed by atoms with E-state index in [-0.39, 0.29) is 17.9 Å². The van der Waals surface area contributed by atoms with E-state index in [1.165, 1.54) is 0 Å². The molecule has 2 aromatic heterocycles. The van der Waals surface area contributed by atoms with E-state index < -0.39 is 6.85 Å². The van der Waals surface area contributed by atoms with Gasteiger partial charge in [0.05, 0.1) is 17.8 Å². The molecule has 1 aromatic carbocycles. The largest absolute Gasteiger partial charge is 0.348 e. The van der Waals surface area contributed by atoms with Crippen LogP contribution < -0.4 is 0 Å². The minimum atomic E-state index is -2.14. The average molecular weight is 310 g/mol. The summed E-state index contributed by atoms with van der Waals surface area (Å²) in [5, 5.41) is 0. The van der Waals surface area contributed by atoms with Crippen molar-refractivity contribution >= 4 is 11.6 Å². The van der Waals surface area contributed by atoms with E-state index in [0.717, 1.165) is 22.5 Å². The van der Waals surface area contributed by atoms with Gasteiger partial charge in [0.15, 0.2) is 0 Å². The highest BCUT2D eigenvalue weighted by Crippen LogP contribution is 2.26. The molecule has 0 aliphatic rings. The first-order valence-corrected chi connectivity index (χ1v) is 7.45. The first kappa shape index (κ1) is 11.9. The summed E-state index contributed by atoms with van der Waals surface area (Å²) in [5.74, 6) is -0.0198. The van der Waals surface area contributed by atoms with Crippen molar-refractivity contribution in [1.29, 1.82) is 0 Å². The maximum Gasteiger partial charge on any atom is 0.228 e. The summed E-state index contributed by atoms with van der Waals surface area (Å²) in [6.07, 6.45) is 2.18. The topological polar surface area (TPSA) is 37.6 Å². The van der Waals surface area contributed by atoms with E-state index in [2.05, 4.69) is 4.98 Å². The van der Waals surface area contributed by atoms with Gasteiger partial charge in [-0.15, -0.1) is 0 Å². The molecule has 1 amide bonds. The Morgan fingerprint density at radius 1 is 1.17 bits per heavy atom. The lowest BCUT2D eigenvalue weighted by molar-refractivity contribution is -0.128. The summed E-state index contributed by atoms with van der Waals surface area (Å²) in [6, 6.07) is 10.6. The molecule has 0 spiro atoms. The Morgan fingerprint density at radius 3 is 2.52 bits per heavy atom. The Kier molecular flexibility index (Phi) is 3.04. The summed E-state index contributed by atoms with van der Waals surface area (Å²) < 4.78 is 24.4. The predicted octanol–water partition coefficient (Wildman–Crippen LogP) is 3.25. The SMILES string of the molecule is [2H]C([2H])([2H])c1ccc(-c2nc3ccc(C)cn3c2CC(=O)N(C)C)cc1. The van der Waals surface area contributed by atoms with Crippen molar-refractivity contribution in [2.24, 2.45) is 0 Å². The maximum absolute atomic E-state index is 12.3. The number of aromatic nitrogens is 2. The van der Waals surface area contributed by atoms with Crippen molar-refractivity contribution in [3.63, 3.8) is 0 Å². The molecular weight excluding hydrogens is 286 g/mol. The van der Waals surface area contributed by atoms with Gasteiger partial charge in [-0.1, -0.05) is 35.9 Å². The van der Waals surface area contributed by atoms with Crippen molar-refractivity contribution in [3.05, 3.63) is 59.4 Å². The highest BCUT2D eigenvalue weighted by molar-refractivity contribution is 5.81. The number of carbonyl (C=O) groups excluding carboxylic acids is 1. The fraction of sp³-hybridized carbons (Fsp3) is 0.263. The summed E-state index contributed by atoms with van der Waals surface area (Å²) in [5.41, 5.74) is 4.39. The Hall–Kier alpha value is -2.62. The number of nitrogens with zero attached hydrogens (tertiary/aromatic N) is 3. The monoisotopic (exact) mass is 310 g/mol. The van der Waals surface area contributed by atoms with Crippen LogP contribution in [0, 0.1) is 13.8 Å². The number of aryl methyl sites for hydroxylation is 2. The van der Waals surface area contributed by atoms with Crippen molar-refractivity contribution in [3.8, 4) is 11.3 Å². The van der Waals surface area contributed by atoms with Crippen LogP contribution in [0.15, 0.2) is 42.6 Å². The summed E-state index contributed by atoms with van der Waals surface area (Å²) in [6.45, 7) is -0.153. The van der Waals surface area contributed by atoms with Crippen molar-refractivity contribution < 1.29 is 8.91 Å². The van der Waals surface area contributed by atoms with Crippen LogP contribution in [0.2, 0.25) is 0 Å². The summed E-state index contributed by atoms with van der Waals surface area (Å²) in [7, 11) is 3.45. The molecule has 23 heavy (non-hydrogen) atoms. The highest BCUT2D eigenvalue weighted by Gasteiger charge is 2.18. The summed E-state index contributed by atoms with van der Waals surface area (Å²) in [4.78, 5) is 18.6. The summed E-state index contributed by atoms with van der Waals surface area (Å²) >= 11 is 0. The predicted molar refractivity (Wildman–Crippen MR) is 92.5 cm³/mol. The second-order valence-corrected chi connectivity index (χ2v) is 5.88. The highest BCUT2D eigenvalue weighted by atomic mass is 16.2. The van der Waals surface area contributed by atoms with Crippen LogP contribution in [0.1, 0.15) is 20.9 Å². The molecule has 0 bridgehead atoms. The van der Waals surface area contributed by atoms with Crippen molar-refractivity contribution in [2.45, 2.75) is 20.2 Å². The van der Waals surface area contributed by atoms with Gasteiger partial charge in [-0.05, 0) is 25.4 Å². The quantitative estimate of drug-likeness (QED) is 0.745. The van der Waals surface area contributed by atoms with Crippen LogP contribution in [0.5, 0.6) is 0 Å². The molecule has 0 atom stereocenters. The normalized spacial score (nSPS) is 13.4. The maximum atomic E-state index is 12.3. The average Bonchev–Trinajstić information content (AvgIpc) is 2.92. The number of pyridine rings is 1. The molecule has 4 nitrogen and oxygen atoms in total. The molecule has 0 saturated heterocycles. The standard InChI is InChI=1S/C19H21N3O/c1-13-5-8-15(9-6-13)19-16(11-18(23)21(3)4)22-12-14(2)7-10-17(22)20-19/h5-10,12H,11H2,1-4H3/i1D3. The molecule has 3 aromatic rings. The van der Waals surface area contributed by atoms with Crippen LogP contribution in [0.25, 0.3) is 16.9 Å². The van der Waals surface area contributed by atoms with E-state index in [0.29, 0.717) is 5.69 Å². The fourth-order valence-corrected chi connectivity index (χ4v) is 2.53. The molecular formula is C19H21N3O. The number of imidazole rings is 1. The zero-order valence-corrected chi connectivity index (χ0v) is 13.5. The molecule has 0 saturated carbocycles. The third kappa shape index (κ3) is 2.97. The minimum Gasteiger partial charge on any atom is -0.348 e. The van der Waals surface area contributed by atoms with Gasteiger partial charge in [0.2, 0.25) is 5.91 Å². The molecule has 4 heteroatoms. The van der Waals surface area contributed by atoms with Crippen LogP contribution in [-0.2, 0) is 11.2 Å². The van der Waals surface area contributed by atoms with Gasteiger partial charge in [-0.25, -0.2) is 4.98 Å². The van der Waals surface area contributed by atoms with Gasteiger partial charge in [0.25, 0.3) is 0 Å². The third-order valence-electron chi connectivity index (χ3n) is 3.84. The van der Waals surface area contributed by atoms with E-state index in [9.17, 15) is 4.79 Å². The molecule has 3 rings (SSSR count). The van der Waals surface area contributed by atoms with Crippen LogP contribution in [0.3, 0.4) is 0 Å². The minimum absolute atomic E-state index is 0.0198. The Balaban J connectivity index is 2.14. The smallest absolute Gasteiger partial charge is 0.228 e. The van der Waals surface area contributed by atoms with Gasteiger partial charge in [0.1, 0.15) is 5.65 Å². The number of benzene rings is 1. The van der Waals surface area contributed by atoms with Gasteiger partial charge in [0, 0.05) is 30.0 Å². The molecule has 0 unspecified atom stereocenters. The molecule has 0 fully saturated rings. The van der Waals surface area contributed by atoms with E-state index in [1.54, 1.807) is 43.3 Å². The lowest BCUT2D eigenvalue weighted by Crippen LogP contribution is -2.24. The van der Waals surface area contributed by atoms with E-state index >= 15 is 0 Å². The van der Waals surface area contributed by atoms with E-state index in [1.807, 2.05) is 29.7 Å². The number of likely N-dealkylation sites (N-methyl/N-ethyl adjacent to an activating group) is 1. The Morgan fingerprint density at radius 2 is 1.87 bits per heavy atom. The number of hydrogen-bond acceptors (Lipinski definition) is 2. The first-order chi connectivity index (χ1) is 12.2. The Labute approximate surface area is 140 Å². The van der Waals surface area contributed by atoms with Crippen LogP contribution >= 0.6 is 0 Å². The second kappa shape index (κ2) is 5.88. The third-order valence-corrected chi connectivity index (χ3v) is 3.84. The van der Waals surface area contributed by atoms with Gasteiger partial charge in [-0.3, -0.25) is 4.79 Å². The van der Waals surface area contributed by atoms with Gasteiger partial charge in [-0.2, -0.15) is 0 Å². The second-order valence-electron chi connectivity index (χ2n) is 5.88. The first-order valence-electron chi connectivity index (χ1n) is 8.95. The number of rotatable bonds is 3. The fourth-order valence-electron chi connectivity index (χ4n) is 2.53. The lowest BCUT2D eigenvalue weighted by Gasteiger charge is -2.11. The number of hydrogen-bond donors (Lipinski definition) is 0.